The zero-order chi connectivity index (χ0) is 13.6. The minimum atomic E-state index is -3.75. The number of hydrogen-bond donors (Lipinski definition) is 0. The van der Waals surface area contributed by atoms with Crippen molar-refractivity contribution in [3.8, 4) is 5.75 Å². The van der Waals surface area contributed by atoms with Crippen LogP contribution < -0.4 is 4.74 Å². The molecule has 0 amide bonds. The van der Waals surface area contributed by atoms with Crippen molar-refractivity contribution in [2.45, 2.75) is 12.8 Å². The monoisotopic (exact) mass is 260 g/mol. The molecule has 0 aromatic heterocycles. The molecule has 0 unspecified atom stereocenters. The average molecular weight is 260 g/mol. The number of rotatable bonds is 6. The fourth-order valence-electron chi connectivity index (χ4n) is 1.31. The van der Waals surface area contributed by atoms with Crippen molar-refractivity contribution in [2.24, 2.45) is 0 Å². The third-order valence-corrected chi connectivity index (χ3v) is 2.09. The first-order chi connectivity index (χ1) is 8.54. The smallest absolute Gasteiger partial charge is 0.382 e. The second-order valence-electron chi connectivity index (χ2n) is 3.34. The standard InChI is InChI=1S/C12H14F2O4/c1-3-17-11(15)12(13,14)9-6-4-5-7-10(9)18-8-16-2/h4-7H,3,8H2,1-2H3. The van der Waals surface area contributed by atoms with Crippen LogP contribution in [-0.4, -0.2) is 26.5 Å². The highest BCUT2D eigenvalue weighted by Gasteiger charge is 2.44. The van der Waals surface area contributed by atoms with Crippen molar-refractivity contribution in [2.75, 3.05) is 20.5 Å². The maximum Gasteiger partial charge on any atom is 0.382 e. The van der Waals surface area contributed by atoms with Gasteiger partial charge in [-0.3, -0.25) is 0 Å². The Morgan fingerprint density at radius 1 is 1.33 bits per heavy atom. The van der Waals surface area contributed by atoms with Gasteiger partial charge in [-0.15, -0.1) is 0 Å². The van der Waals surface area contributed by atoms with Gasteiger partial charge in [0.2, 0.25) is 0 Å². The highest BCUT2D eigenvalue weighted by Crippen LogP contribution is 2.35. The fourth-order valence-corrected chi connectivity index (χ4v) is 1.31. The Hall–Kier alpha value is -1.69. The van der Waals surface area contributed by atoms with Gasteiger partial charge in [0, 0.05) is 7.11 Å². The quantitative estimate of drug-likeness (QED) is 0.581. The van der Waals surface area contributed by atoms with Gasteiger partial charge in [-0.2, -0.15) is 8.78 Å². The fraction of sp³-hybridized carbons (Fsp3) is 0.417. The third-order valence-electron chi connectivity index (χ3n) is 2.09. The maximum absolute atomic E-state index is 13.8. The zero-order valence-corrected chi connectivity index (χ0v) is 10.1. The van der Waals surface area contributed by atoms with Crippen molar-refractivity contribution in [1.82, 2.24) is 0 Å². The van der Waals surface area contributed by atoms with E-state index in [2.05, 4.69) is 9.47 Å². The van der Waals surface area contributed by atoms with Crippen LogP contribution in [0.4, 0.5) is 8.78 Å². The second kappa shape index (κ2) is 6.30. The number of para-hydroxylation sites is 1. The molecule has 0 heterocycles. The normalized spacial score (nSPS) is 11.1. The summed E-state index contributed by atoms with van der Waals surface area (Å²) in [5.41, 5.74) is -0.541. The molecule has 1 aromatic rings. The topological polar surface area (TPSA) is 44.8 Å². The summed E-state index contributed by atoms with van der Waals surface area (Å²) in [6, 6.07) is 5.36. The number of alkyl halides is 2. The highest BCUT2D eigenvalue weighted by molar-refractivity contribution is 5.80. The van der Waals surface area contributed by atoms with Crippen LogP contribution in [0.15, 0.2) is 24.3 Å². The summed E-state index contributed by atoms with van der Waals surface area (Å²) >= 11 is 0. The van der Waals surface area contributed by atoms with Crippen LogP contribution in [0.1, 0.15) is 12.5 Å². The summed E-state index contributed by atoms with van der Waals surface area (Å²) in [7, 11) is 1.37. The molecule has 0 saturated carbocycles. The number of benzene rings is 1. The van der Waals surface area contributed by atoms with Crippen LogP contribution in [0.3, 0.4) is 0 Å². The Bertz CT molecular complexity index is 407. The van der Waals surface area contributed by atoms with Crippen molar-refractivity contribution in [3.63, 3.8) is 0 Å². The van der Waals surface area contributed by atoms with Gasteiger partial charge in [0.05, 0.1) is 12.2 Å². The van der Waals surface area contributed by atoms with Crippen molar-refractivity contribution in [3.05, 3.63) is 29.8 Å². The summed E-state index contributed by atoms with van der Waals surface area (Å²) < 4.78 is 41.6. The van der Waals surface area contributed by atoms with Gasteiger partial charge in [-0.25, -0.2) is 4.79 Å². The first-order valence-electron chi connectivity index (χ1n) is 5.30. The number of halogens is 2. The molecule has 100 valence electrons. The number of ether oxygens (including phenoxy) is 3. The van der Waals surface area contributed by atoms with E-state index in [1.807, 2.05) is 0 Å². The van der Waals surface area contributed by atoms with Gasteiger partial charge >= 0.3 is 11.9 Å². The van der Waals surface area contributed by atoms with Gasteiger partial charge in [-0.1, -0.05) is 12.1 Å². The molecule has 6 heteroatoms. The molecule has 0 aliphatic heterocycles. The molecule has 0 radical (unpaired) electrons. The van der Waals surface area contributed by atoms with E-state index in [0.717, 1.165) is 6.07 Å². The predicted molar refractivity (Wildman–Crippen MR) is 59.5 cm³/mol. The molecule has 0 atom stereocenters. The molecular formula is C12H14F2O4. The van der Waals surface area contributed by atoms with Crippen molar-refractivity contribution in [1.29, 1.82) is 0 Å². The molecule has 0 aliphatic carbocycles. The lowest BCUT2D eigenvalue weighted by Crippen LogP contribution is -2.29. The molecule has 0 fully saturated rings. The van der Waals surface area contributed by atoms with Gasteiger partial charge in [0.15, 0.2) is 6.79 Å². The molecule has 0 saturated heterocycles. The lowest BCUT2D eigenvalue weighted by Gasteiger charge is -2.18. The van der Waals surface area contributed by atoms with E-state index in [9.17, 15) is 13.6 Å². The van der Waals surface area contributed by atoms with Gasteiger partial charge in [0.1, 0.15) is 5.75 Å². The van der Waals surface area contributed by atoms with Crippen LogP contribution in [0, 0.1) is 0 Å². The largest absolute Gasteiger partial charge is 0.467 e. The maximum atomic E-state index is 13.8. The summed E-state index contributed by atoms with van der Waals surface area (Å²) in [5.74, 6) is -5.46. The molecule has 4 nitrogen and oxygen atoms in total. The van der Waals surface area contributed by atoms with E-state index in [-0.39, 0.29) is 19.1 Å². The zero-order valence-electron chi connectivity index (χ0n) is 10.1. The second-order valence-corrected chi connectivity index (χ2v) is 3.34. The van der Waals surface area contributed by atoms with Gasteiger partial charge in [-0.05, 0) is 19.1 Å². The molecule has 0 aliphatic rings. The molecule has 0 spiro atoms. The van der Waals surface area contributed by atoms with Crippen LogP contribution >= 0.6 is 0 Å². The van der Waals surface area contributed by atoms with Crippen molar-refractivity contribution >= 4 is 5.97 Å². The lowest BCUT2D eigenvalue weighted by atomic mass is 10.1. The molecule has 1 rings (SSSR count). The summed E-state index contributed by atoms with van der Waals surface area (Å²) in [5, 5.41) is 0. The Morgan fingerprint density at radius 3 is 2.61 bits per heavy atom. The molecule has 0 bridgehead atoms. The Kier molecular flexibility index (Phi) is 5.03. The Labute approximate surface area is 103 Å². The Morgan fingerprint density at radius 2 is 2.00 bits per heavy atom. The first-order valence-corrected chi connectivity index (χ1v) is 5.30. The van der Waals surface area contributed by atoms with E-state index >= 15 is 0 Å². The van der Waals surface area contributed by atoms with Crippen LogP contribution in [0.2, 0.25) is 0 Å². The summed E-state index contributed by atoms with van der Waals surface area (Å²) in [4.78, 5) is 11.2. The lowest BCUT2D eigenvalue weighted by molar-refractivity contribution is -0.173. The number of hydrogen-bond acceptors (Lipinski definition) is 4. The van der Waals surface area contributed by atoms with E-state index in [4.69, 9.17) is 4.74 Å². The highest BCUT2D eigenvalue weighted by atomic mass is 19.3. The number of methoxy groups -OCH3 is 1. The third kappa shape index (κ3) is 3.16. The molecule has 0 N–H and O–H groups in total. The average Bonchev–Trinajstić information content (AvgIpc) is 2.37. The van der Waals surface area contributed by atoms with E-state index in [0.29, 0.717) is 0 Å². The van der Waals surface area contributed by atoms with E-state index in [1.54, 1.807) is 0 Å². The van der Waals surface area contributed by atoms with E-state index < -0.39 is 17.5 Å². The summed E-state index contributed by atoms with van der Waals surface area (Å²) in [6.07, 6.45) is 0. The van der Waals surface area contributed by atoms with Crippen LogP contribution in [0.25, 0.3) is 0 Å². The predicted octanol–water partition coefficient (Wildman–Crippen LogP) is 2.32. The van der Waals surface area contributed by atoms with E-state index in [1.165, 1.54) is 32.2 Å². The molecule has 1 aromatic carbocycles. The van der Waals surface area contributed by atoms with Gasteiger partial charge in [0.25, 0.3) is 0 Å². The molecular weight excluding hydrogens is 246 g/mol. The summed E-state index contributed by atoms with van der Waals surface area (Å²) in [6.45, 7) is 1.16. The van der Waals surface area contributed by atoms with Crippen LogP contribution in [0.5, 0.6) is 5.75 Å². The number of carbonyl (C=O) groups excluding carboxylic acids is 1. The minimum absolute atomic E-state index is 0.114. The van der Waals surface area contributed by atoms with Crippen molar-refractivity contribution < 1.29 is 27.8 Å². The molecule has 18 heavy (non-hydrogen) atoms. The van der Waals surface area contributed by atoms with Crippen LogP contribution in [-0.2, 0) is 20.2 Å². The first kappa shape index (κ1) is 14.4. The minimum Gasteiger partial charge on any atom is -0.467 e. The SMILES string of the molecule is CCOC(=O)C(F)(F)c1ccccc1OCOC. The Balaban J connectivity index is 3.03. The van der Waals surface area contributed by atoms with Gasteiger partial charge < -0.3 is 14.2 Å². The number of esters is 1. The number of carbonyl (C=O) groups is 1.